The Balaban J connectivity index is 4.26. The summed E-state index contributed by atoms with van der Waals surface area (Å²) < 4.78 is 16.9. The van der Waals surface area contributed by atoms with Crippen molar-refractivity contribution in [3.8, 4) is 0 Å². The fourth-order valence-corrected chi connectivity index (χ4v) is 8.70. The highest BCUT2D eigenvalue weighted by molar-refractivity contribution is 5.71. The predicted molar refractivity (Wildman–Crippen MR) is 270 cm³/mol. The van der Waals surface area contributed by atoms with Crippen LogP contribution in [-0.2, 0) is 28.6 Å². The lowest BCUT2D eigenvalue weighted by Gasteiger charge is -2.18. The number of rotatable bonds is 51. The van der Waals surface area contributed by atoms with Gasteiger partial charge in [-0.25, -0.2) is 0 Å². The molecule has 0 aliphatic heterocycles. The van der Waals surface area contributed by atoms with Crippen LogP contribution in [0.15, 0.2) is 0 Å². The van der Waals surface area contributed by atoms with Gasteiger partial charge in [0.15, 0.2) is 6.10 Å². The van der Waals surface area contributed by atoms with Crippen LogP contribution in [0.5, 0.6) is 0 Å². The monoisotopic (exact) mass is 891 g/mol. The maximum absolute atomic E-state index is 12.8. The molecule has 63 heavy (non-hydrogen) atoms. The summed E-state index contributed by atoms with van der Waals surface area (Å²) in [5.74, 6) is 0.789. The van der Waals surface area contributed by atoms with Crippen molar-refractivity contribution in [2.24, 2.45) is 11.8 Å². The first-order valence-corrected chi connectivity index (χ1v) is 28.2. The number of carbonyl (C=O) groups is 3. The van der Waals surface area contributed by atoms with E-state index in [9.17, 15) is 14.4 Å². The van der Waals surface area contributed by atoms with Crippen LogP contribution in [0.25, 0.3) is 0 Å². The fraction of sp³-hybridized carbons (Fsp3) is 0.947. The molecule has 0 radical (unpaired) electrons. The van der Waals surface area contributed by atoms with E-state index < -0.39 is 6.10 Å². The molecule has 0 aromatic heterocycles. The summed E-state index contributed by atoms with van der Waals surface area (Å²) in [7, 11) is 0. The minimum absolute atomic E-state index is 0.0633. The Morgan fingerprint density at radius 1 is 0.302 bits per heavy atom. The summed E-state index contributed by atoms with van der Waals surface area (Å²) in [4.78, 5) is 38.1. The fourth-order valence-electron chi connectivity index (χ4n) is 8.70. The van der Waals surface area contributed by atoms with Gasteiger partial charge >= 0.3 is 17.9 Å². The van der Waals surface area contributed by atoms with Gasteiger partial charge in [0.05, 0.1) is 0 Å². The maximum atomic E-state index is 12.8. The zero-order chi connectivity index (χ0) is 46.1. The van der Waals surface area contributed by atoms with Gasteiger partial charge in [0, 0.05) is 19.3 Å². The number of esters is 3. The second kappa shape index (κ2) is 49.8. The molecule has 0 spiro atoms. The first-order chi connectivity index (χ1) is 30.7. The van der Waals surface area contributed by atoms with E-state index in [4.69, 9.17) is 14.2 Å². The molecule has 0 amide bonds. The molecule has 0 aromatic rings. The van der Waals surface area contributed by atoms with Crippen LogP contribution < -0.4 is 0 Å². The maximum Gasteiger partial charge on any atom is 0.306 e. The number of hydrogen-bond acceptors (Lipinski definition) is 6. The molecule has 0 fully saturated rings. The molecule has 0 heterocycles. The molecule has 0 N–H and O–H groups in total. The van der Waals surface area contributed by atoms with E-state index in [0.29, 0.717) is 19.3 Å². The number of hydrogen-bond donors (Lipinski definition) is 0. The zero-order valence-corrected chi connectivity index (χ0v) is 43.2. The molecule has 6 heteroatoms. The van der Waals surface area contributed by atoms with E-state index >= 15 is 0 Å². The third kappa shape index (κ3) is 51.3. The molecule has 0 aliphatic rings. The molecule has 0 saturated heterocycles. The zero-order valence-electron chi connectivity index (χ0n) is 43.2. The van der Waals surface area contributed by atoms with E-state index in [1.54, 1.807) is 0 Å². The van der Waals surface area contributed by atoms with Gasteiger partial charge in [-0.1, -0.05) is 279 Å². The molecule has 0 unspecified atom stereocenters. The van der Waals surface area contributed by atoms with E-state index in [1.807, 2.05) is 0 Å². The van der Waals surface area contributed by atoms with E-state index in [1.165, 1.54) is 205 Å². The van der Waals surface area contributed by atoms with Crippen LogP contribution in [-0.4, -0.2) is 37.2 Å². The van der Waals surface area contributed by atoms with Gasteiger partial charge in [-0.15, -0.1) is 0 Å². The van der Waals surface area contributed by atoms with Crippen molar-refractivity contribution < 1.29 is 28.6 Å². The highest BCUT2D eigenvalue weighted by atomic mass is 16.6. The summed E-state index contributed by atoms with van der Waals surface area (Å²) in [6, 6.07) is 0. The molecule has 1 atom stereocenters. The Kier molecular flexibility index (Phi) is 48.6. The largest absolute Gasteiger partial charge is 0.462 e. The molecule has 0 saturated carbocycles. The SMILES string of the molecule is CCCCCCCCCCCCCCCCCCCCCC(=O)OC[C@@H](COC(=O)CCCCCCCCCCCC(C)C)OC(=O)CCCCCCCCCCCCCC(C)C. The van der Waals surface area contributed by atoms with Crippen molar-refractivity contribution >= 4 is 17.9 Å². The summed E-state index contributed by atoms with van der Waals surface area (Å²) >= 11 is 0. The van der Waals surface area contributed by atoms with Crippen molar-refractivity contribution in [2.75, 3.05) is 13.2 Å². The molecule has 0 aromatic carbocycles. The lowest BCUT2D eigenvalue weighted by atomic mass is 10.0. The average Bonchev–Trinajstić information content (AvgIpc) is 3.25. The van der Waals surface area contributed by atoms with Crippen molar-refractivity contribution in [2.45, 2.75) is 323 Å². The molecule has 0 rings (SSSR count). The first-order valence-electron chi connectivity index (χ1n) is 28.2. The predicted octanol–water partition coefficient (Wildman–Crippen LogP) is 18.5. The summed E-state index contributed by atoms with van der Waals surface area (Å²) in [5.41, 5.74) is 0. The highest BCUT2D eigenvalue weighted by Gasteiger charge is 2.19. The summed E-state index contributed by atoms with van der Waals surface area (Å²) in [5, 5.41) is 0. The molecular weight excluding hydrogens is 781 g/mol. The van der Waals surface area contributed by atoms with Gasteiger partial charge in [0.1, 0.15) is 13.2 Å². The van der Waals surface area contributed by atoms with Crippen molar-refractivity contribution in [3.05, 3.63) is 0 Å². The van der Waals surface area contributed by atoms with Gasteiger partial charge in [0.2, 0.25) is 0 Å². The third-order valence-electron chi connectivity index (χ3n) is 13.0. The third-order valence-corrected chi connectivity index (χ3v) is 13.0. The van der Waals surface area contributed by atoms with Crippen LogP contribution in [0.1, 0.15) is 317 Å². The van der Waals surface area contributed by atoms with Gasteiger partial charge < -0.3 is 14.2 Å². The van der Waals surface area contributed by atoms with Crippen molar-refractivity contribution in [1.82, 2.24) is 0 Å². The normalized spacial score (nSPS) is 12.0. The molecule has 374 valence electrons. The second-order valence-corrected chi connectivity index (χ2v) is 20.5. The topological polar surface area (TPSA) is 78.9 Å². The van der Waals surface area contributed by atoms with Gasteiger partial charge in [-0.05, 0) is 31.1 Å². The van der Waals surface area contributed by atoms with Gasteiger partial charge in [-0.3, -0.25) is 14.4 Å². The first kappa shape index (κ1) is 61.4. The number of unbranched alkanes of at least 4 members (excludes halogenated alkanes) is 36. The van der Waals surface area contributed by atoms with E-state index in [0.717, 1.165) is 69.6 Å². The summed E-state index contributed by atoms with van der Waals surface area (Å²) in [6.07, 6.45) is 52.4. The lowest BCUT2D eigenvalue weighted by molar-refractivity contribution is -0.167. The Bertz CT molecular complexity index is 962. The second-order valence-electron chi connectivity index (χ2n) is 20.5. The Hall–Kier alpha value is -1.59. The smallest absolute Gasteiger partial charge is 0.306 e. The molecule has 6 nitrogen and oxygen atoms in total. The average molecular weight is 892 g/mol. The van der Waals surface area contributed by atoms with Crippen LogP contribution in [0.3, 0.4) is 0 Å². The van der Waals surface area contributed by atoms with Crippen LogP contribution in [0.4, 0.5) is 0 Å². The Morgan fingerprint density at radius 2 is 0.524 bits per heavy atom. The molecular formula is C57H110O6. The Morgan fingerprint density at radius 3 is 0.778 bits per heavy atom. The number of carbonyl (C=O) groups excluding carboxylic acids is 3. The standard InChI is InChI=1S/C57H110O6/c1-6-7-8-9-10-11-12-13-14-15-16-17-18-19-22-27-32-37-42-47-55(58)61-50-54(51-62-56(59)48-43-38-33-29-24-26-31-36-41-46-53(4)5)63-57(60)49-44-39-34-28-23-20-21-25-30-35-40-45-52(2)3/h52-54H,6-51H2,1-5H3/t54-/m0/s1. The molecule has 0 aliphatic carbocycles. The van der Waals surface area contributed by atoms with Crippen LogP contribution in [0.2, 0.25) is 0 Å². The van der Waals surface area contributed by atoms with Gasteiger partial charge in [-0.2, -0.15) is 0 Å². The molecule has 0 bridgehead atoms. The van der Waals surface area contributed by atoms with Crippen molar-refractivity contribution in [1.29, 1.82) is 0 Å². The minimum atomic E-state index is -0.763. The number of ether oxygens (including phenoxy) is 3. The highest BCUT2D eigenvalue weighted by Crippen LogP contribution is 2.18. The van der Waals surface area contributed by atoms with E-state index in [-0.39, 0.29) is 31.1 Å². The van der Waals surface area contributed by atoms with Gasteiger partial charge in [0.25, 0.3) is 0 Å². The van der Waals surface area contributed by atoms with Crippen molar-refractivity contribution in [3.63, 3.8) is 0 Å². The summed E-state index contributed by atoms with van der Waals surface area (Å²) in [6.45, 7) is 11.4. The quantitative estimate of drug-likeness (QED) is 0.0344. The Labute approximate surface area is 393 Å². The van der Waals surface area contributed by atoms with Crippen LogP contribution in [0, 0.1) is 11.8 Å². The van der Waals surface area contributed by atoms with E-state index in [2.05, 4.69) is 34.6 Å². The van der Waals surface area contributed by atoms with Crippen LogP contribution >= 0.6 is 0 Å². The lowest BCUT2D eigenvalue weighted by Crippen LogP contribution is -2.30. The minimum Gasteiger partial charge on any atom is -0.462 e.